The zero-order chi connectivity index (χ0) is 17.5. The summed E-state index contributed by atoms with van der Waals surface area (Å²) in [7, 11) is 0. The van der Waals surface area contributed by atoms with Gasteiger partial charge in [-0.1, -0.05) is 48.5 Å². The molecular formula is C21H26N2O2. The van der Waals surface area contributed by atoms with E-state index < -0.39 is 0 Å². The van der Waals surface area contributed by atoms with E-state index in [0.717, 1.165) is 36.3 Å². The van der Waals surface area contributed by atoms with Crippen molar-refractivity contribution >= 4 is 5.91 Å². The zero-order valence-corrected chi connectivity index (χ0v) is 14.7. The summed E-state index contributed by atoms with van der Waals surface area (Å²) in [5, 5.41) is 6.38. The number of hydrogen-bond acceptors (Lipinski definition) is 3. The van der Waals surface area contributed by atoms with E-state index in [2.05, 4.69) is 35.8 Å². The fraction of sp³-hybridized carbons (Fsp3) is 0.381. The molecule has 2 aromatic carbocycles. The van der Waals surface area contributed by atoms with Crippen LogP contribution in [0, 0.1) is 5.92 Å². The molecule has 25 heavy (non-hydrogen) atoms. The summed E-state index contributed by atoms with van der Waals surface area (Å²) in [6.45, 7) is 4.04. The fourth-order valence-electron chi connectivity index (χ4n) is 3.30. The van der Waals surface area contributed by atoms with Gasteiger partial charge in [-0.05, 0) is 37.9 Å². The molecule has 3 rings (SSSR count). The zero-order valence-electron chi connectivity index (χ0n) is 14.7. The standard InChI is InChI=1S/C21H26N2O2/c1-16-15-18(11-12-22-16)21(24)23-13-14-25-20-10-6-5-9-19(20)17-7-3-2-4-8-17/h2-10,16,18,22H,11-15H2,1H3,(H,23,24)/t16-,18-/m0/s1. The van der Waals surface area contributed by atoms with Gasteiger partial charge in [-0.15, -0.1) is 0 Å². The molecule has 0 aliphatic carbocycles. The molecule has 1 heterocycles. The van der Waals surface area contributed by atoms with Crippen LogP contribution < -0.4 is 15.4 Å². The van der Waals surface area contributed by atoms with E-state index >= 15 is 0 Å². The van der Waals surface area contributed by atoms with Crippen LogP contribution in [0.4, 0.5) is 0 Å². The van der Waals surface area contributed by atoms with E-state index in [1.807, 2.05) is 36.4 Å². The number of carbonyl (C=O) groups excluding carboxylic acids is 1. The molecule has 0 spiro atoms. The maximum atomic E-state index is 12.2. The molecule has 4 heteroatoms. The van der Waals surface area contributed by atoms with Crippen LogP contribution >= 0.6 is 0 Å². The predicted octanol–water partition coefficient (Wildman–Crippen LogP) is 3.24. The molecule has 2 aromatic rings. The number of carbonyl (C=O) groups is 1. The smallest absolute Gasteiger partial charge is 0.223 e. The van der Waals surface area contributed by atoms with Gasteiger partial charge >= 0.3 is 0 Å². The molecule has 2 atom stereocenters. The molecule has 0 bridgehead atoms. The van der Waals surface area contributed by atoms with Gasteiger partial charge in [-0.25, -0.2) is 0 Å². The number of hydrogen-bond donors (Lipinski definition) is 2. The summed E-state index contributed by atoms with van der Waals surface area (Å²) in [6, 6.07) is 18.6. The van der Waals surface area contributed by atoms with Crippen molar-refractivity contribution in [3.05, 3.63) is 54.6 Å². The van der Waals surface area contributed by atoms with Crippen LogP contribution in [0.3, 0.4) is 0 Å². The maximum Gasteiger partial charge on any atom is 0.223 e. The Labute approximate surface area is 149 Å². The van der Waals surface area contributed by atoms with Crippen molar-refractivity contribution in [3.8, 4) is 16.9 Å². The molecule has 1 aliphatic rings. The van der Waals surface area contributed by atoms with E-state index in [0.29, 0.717) is 19.2 Å². The van der Waals surface area contributed by atoms with Crippen molar-refractivity contribution in [2.45, 2.75) is 25.8 Å². The molecule has 2 N–H and O–H groups in total. The molecule has 0 saturated carbocycles. The molecule has 4 nitrogen and oxygen atoms in total. The number of benzene rings is 2. The average Bonchev–Trinajstić information content (AvgIpc) is 2.66. The van der Waals surface area contributed by atoms with Crippen LogP contribution in [0.5, 0.6) is 5.75 Å². The molecule has 1 fully saturated rings. The highest BCUT2D eigenvalue weighted by Gasteiger charge is 2.24. The van der Waals surface area contributed by atoms with Crippen molar-refractivity contribution in [2.24, 2.45) is 5.92 Å². The lowest BCUT2D eigenvalue weighted by atomic mass is 9.92. The summed E-state index contributed by atoms with van der Waals surface area (Å²) < 4.78 is 5.92. The summed E-state index contributed by atoms with van der Waals surface area (Å²) in [4.78, 5) is 12.2. The van der Waals surface area contributed by atoms with Gasteiger partial charge in [0.2, 0.25) is 5.91 Å². The second-order valence-electron chi connectivity index (χ2n) is 6.58. The van der Waals surface area contributed by atoms with E-state index in [1.165, 1.54) is 0 Å². The first-order valence-corrected chi connectivity index (χ1v) is 9.02. The summed E-state index contributed by atoms with van der Waals surface area (Å²) in [6.07, 6.45) is 1.82. The number of rotatable bonds is 6. The lowest BCUT2D eigenvalue weighted by molar-refractivity contribution is -0.126. The molecule has 132 valence electrons. The van der Waals surface area contributed by atoms with Crippen LogP contribution in [0.25, 0.3) is 11.1 Å². The quantitative estimate of drug-likeness (QED) is 0.795. The van der Waals surface area contributed by atoms with Gasteiger partial charge in [0.1, 0.15) is 12.4 Å². The Morgan fingerprint density at radius 1 is 1.16 bits per heavy atom. The Morgan fingerprint density at radius 2 is 1.92 bits per heavy atom. The highest BCUT2D eigenvalue weighted by Crippen LogP contribution is 2.29. The Bertz CT molecular complexity index is 687. The van der Waals surface area contributed by atoms with E-state index in [4.69, 9.17) is 4.74 Å². The molecule has 0 radical (unpaired) electrons. The SMILES string of the molecule is C[C@H]1C[C@@H](C(=O)NCCOc2ccccc2-c2ccccc2)CCN1. The minimum atomic E-state index is 0.118. The van der Waals surface area contributed by atoms with Crippen molar-refractivity contribution in [1.82, 2.24) is 10.6 Å². The monoisotopic (exact) mass is 338 g/mol. The van der Waals surface area contributed by atoms with Crippen molar-refractivity contribution in [3.63, 3.8) is 0 Å². The van der Waals surface area contributed by atoms with E-state index in [9.17, 15) is 4.79 Å². The van der Waals surface area contributed by atoms with Crippen molar-refractivity contribution in [1.29, 1.82) is 0 Å². The predicted molar refractivity (Wildman–Crippen MR) is 101 cm³/mol. The average molecular weight is 338 g/mol. The number of amides is 1. The minimum absolute atomic E-state index is 0.118. The largest absolute Gasteiger partial charge is 0.491 e. The van der Waals surface area contributed by atoms with Crippen molar-refractivity contribution < 1.29 is 9.53 Å². The maximum absolute atomic E-state index is 12.2. The molecule has 1 aliphatic heterocycles. The molecule has 0 unspecified atom stereocenters. The van der Waals surface area contributed by atoms with E-state index in [1.54, 1.807) is 0 Å². The highest BCUT2D eigenvalue weighted by molar-refractivity contribution is 5.78. The third kappa shape index (κ3) is 4.83. The second-order valence-corrected chi connectivity index (χ2v) is 6.58. The minimum Gasteiger partial charge on any atom is -0.491 e. The third-order valence-corrected chi connectivity index (χ3v) is 4.63. The second kappa shape index (κ2) is 8.67. The van der Waals surface area contributed by atoms with Gasteiger partial charge in [-0.3, -0.25) is 4.79 Å². The van der Waals surface area contributed by atoms with Crippen LogP contribution in [0.15, 0.2) is 54.6 Å². The third-order valence-electron chi connectivity index (χ3n) is 4.63. The normalized spacial score (nSPS) is 20.0. The fourth-order valence-corrected chi connectivity index (χ4v) is 3.30. The Morgan fingerprint density at radius 3 is 2.72 bits per heavy atom. The summed E-state index contributed by atoms with van der Waals surface area (Å²) in [5.41, 5.74) is 2.20. The molecule has 1 saturated heterocycles. The van der Waals surface area contributed by atoms with Crippen molar-refractivity contribution in [2.75, 3.05) is 19.7 Å². The van der Waals surface area contributed by atoms with Crippen LogP contribution in [-0.4, -0.2) is 31.6 Å². The van der Waals surface area contributed by atoms with E-state index in [-0.39, 0.29) is 11.8 Å². The number of ether oxygens (including phenoxy) is 1. The molecule has 0 aromatic heterocycles. The molecular weight excluding hydrogens is 312 g/mol. The van der Waals surface area contributed by atoms with Gasteiger partial charge in [0.15, 0.2) is 0 Å². The Kier molecular flexibility index (Phi) is 6.07. The van der Waals surface area contributed by atoms with Crippen LogP contribution in [0.2, 0.25) is 0 Å². The van der Waals surface area contributed by atoms with Gasteiger partial charge in [0, 0.05) is 17.5 Å². The lowest BCUT2D eigenvalue weighted by Gasteiger charge is -2.27. The molecule has 1 amide bonds. The Hall–Kier alpha value is -2.33. The number of nitrogens with one attached hydrogen (secondary N) is 2. The lowest BCUT2D eigenvalue weighted by Crippen LogP contribution is -2.43. The van der Waals surface area contributed by atoms with Gasteiger partial charge in [-0.2, -0.15) is 0 Å². The first-order chi connectivity index (χ1) is 12.2. The van der Waals surface area contributed by atoms with Gasteiger partial charge in [0.25, 0.3) is 0 Å². The van der Waals surface area contributed by atoms with Crippen LogP contribution in [0.1, 0.15) is 19.8 Å². The first-order valence-electron chi connectivity index (χ1n) is 9.02. The topological polar surface area (TPSA) is 50.4 Å². The summed E-state index contributed by atoms with van der Waals surface area (Å²) >= 11 is 0. The number of para-hydroxylation sites is 1. The van der Waals surface area contributed by atoms with Gasteiger partial charge < -0.3 is 15.4 Å². The first kappa shape index (κ1) is 17.5. The highest BCUT2D eigenvalue weighted by atomic mass is 16.5. The van der Waals surface area contributed by atoms with Gasteiger partial charge in [0.05, 0.1) is 6.54 Å². The number of piperidine rings is 1. The van der Waals surface area contributed by atoms with Crippen LogP contribution in [-0.2, 0) is 4.79 Å². The summed E-state index contributed by atoms with van der Waals surface area (Å²) in [5.74, 6) is 1.11. The Balaban J connectivity index is 1.50.